The Bertz CT molecular complexity index is 1280. The standard InChI is InChI=1S/C24H22BrN3O2S/c1-3-15-5-11-18(12-6-15)27-22(29)20(4-2)28-14-26-23-21(24(28)30)19(13-31-23)16-7-9-17(25)10-8-16/h5-14,20H,3-4H2,1-2H3,(H,27,29). The maximum absolute atomic E-state index is 13.4. The average molecular weight is 496 g/mol. The molecule has 1 atom stereocenters. The molecule has 1 amide bonds. The molecule has 0 bridgehead atoms. The topological polar surface area (TPSA) is 64.0 Å². The van der Waals surface area contributed by atoms with E-state index in [2.05, 4.69) is 33.2 Å². The number of carbonyl (C=O) groups is 1. The number of aromatic nitrogens is 2. The summed E-state index contributed by atoms with van der Waals surface area (Å²) in [6.07, 6.45) is 2.90. The normalized spacial score (nSPS) is 12.1. The fourth-order valence-electron chi connectivity index (χ4n) is 3.57. The van der Waals surface area contributed by atoms with E-state index < -0.39 is 6.04 Å². The number of anilines is 1. The molecule has 0 saturated heterocycles. The summed E-state index contributed by atoms with van der Waals surface area (Å²) in [5.74, 6) is -0.226. The van der Waals surface area contributed by atoms with Gasteiger partial charge in [0.2, 0.25) is 5.91 Å². The van der Waals surface area contributed by atoms with Crippen LogP contribution < -0.4 is 10.9 Å². The SMILES string of the molecule is CCc1ccc(NC(=O)C(CC)n2cnc3scc(-c4ccc(Br)cc4)c3c2=O)cc1. The van der Waals surface area contributed by atoms with Crippen LogP contribution in [0.15, 0.2) is 69.5 Å². The number of halogens is 1. The number of carbonyl (C=O) groups excluding carboxylic acids is 1. The number of rotatable bonds is 6. The third-order valence-corrected chi connectivity index (χ3v) is 6.74. The summed E-state index contributed by atoms with van der Waals surface area (Å²) >= 11 is 4.88. The molecule has 4 rings (SSSR count). The summed E-state index contributed by atoms with van der Waals surface area (Å²) in [7, 11) is 0. The maximum Gasteiger partial charge on any atom is 0.263 e. The second-order valence-electron chi connectivity index (χ2n) is 7.26. The third-order valence-electron chi connectivity index (χ3n) is 5.33. The summed E-state index contributed by atoms with van der Waals surface area (Å²) in [5.41, 5.74) is 3.50. The lowest BCUT2D eigenvalue weighted by Crippen LogP contribution is -2.33. The van der Waals surface area contributed by atoms with Gasteiger partial charge in [0.25, 0.3) is 5.56 Å². The first-order valence-electron chi connectivity index (χ1n) is 10.2. The highest BCUT2D eigenvalue weighted by Gasteiger charge is 2.23. The van der Waals surface area contributed by atoms with E-state index in [9.17, 15) is 9.59 Å². The van der Waals surface area contributed by atoms with Crippen LogP contribution in [0.25, 0.3) is 21.3 Å². The average Bonchev–Trinajstić information content (AvgIpc) is 3.22. The van der Waals surface area contributed by atoms with Gasteiger partial charge in [0.05, 0.1) is 11.7 Å². The summed E-state index contributed by atoms with van der Waals surface area (Å²) in [6.45, 7) is 3.98. The summed E-state index contributed by atoms with van der Waals surface area (Å²) in [4.78, 5) is 31.6. The van der Waals surface area contributed by atoms with Gasteiger partial charge < -0.3 is 5.32 Å². The predicted molar refractivity (Wildman–Crippen MR) is 131 cm³/mol. The fraction of sp³-hybridized carbons (Fsp3) is 0.208. The Kier molecular flexibility index (Phi) is 6.34. The van der Waals surface area contributed by atoms with Crippen molar-refractivity contribution in [3.05, 3.63) is 80.6 Å². The van der Waals surface area contributed by atoms with Crippen molar-refractivity contribution in [2.45, 2.75) is 32.7 Å². The van der Waals surface area contributed by atoms with E-state index in [1.165, 1.54) is 27.8 Å². The Balaban J connectivity index is 1.70. The van der Waals surface area contributed by atoms with Gasteiger partial charge in [-0.1, -0.05) is 54.0 Å². The molecule has 0 spiro atoms. The van der Waals surface area contributed by atoms with E-state index >= 15 is 0 Å². The molecule has 2 heterocycles. The van der Waals surface area contributed by atoms with Gasteiger partial charge >= 0.3 is 0 Å². The number of aryl methyl sites for hydroxylation is 1. The lowest BCUT2D eigenvalue weighted by Gasteiger charge is -2.18. The molecule has 7 heteroatoms. The zero-order valence-electron chi connectivity index (χ0n) is 17.3. The van der Waals surface area contributed by atoms with Crippen LogP contribution in [0, 0.1) is 0 Å². The minimum atomic E-state index is -0.645. The van der Waals surface area contributed by atoms with Crippen LogP contribution in [0.2, 0.25) is 0 Å². The van der Waals surface area contributed by atoms with E-state index in [0.717, 1.165) is 22.0 Å². The lowest BCUT2D eigenvalue weighted by atomic mass is 10.1. The van der Waals surface area contributed by atoms with Gasteiger partial charge in [-0.3, -0.25) is 14.2 Å². The molecule has 2 aromatic carbocycles. The Labute approximate surface area is 192 Å². The number of thiophene rings is 1. The van der Waals surface area contributed by atoms with E-state index in [-0.39, 0.29) is 11.5 Å². The molecule has 0 aliphatic heterocycles. The van der Waals surface area contributed by atoms with Crippen LogP contribution in [0.3, 0.4) is 0 Å². The molecule has 0 aliphatic rings. The fourth-order valence-corrected chi connectivity index (χ4v) is 4.74. The van der Waals surface area contributed by atoms with E-state index in [4.69, 9.17) is 0 Å². The highest BCUT2D eigenvalue weighted by molar-refractivity contribution is 9.10. The molecule has 0 aliphatic carbocycles. The highest BCUT2D eigenvalue weighted by atomic mass is 79.9. The van der Waals surface area contributed by atoms with Gasteiger partial charge in [0.1, 0.15) is 10.9 Å². The first kappa shape index (κ1) is 21.5. The van der Waals surface area contributed by atoms with Crippen LogP contribution >= 0.6 is 27.3 Å². The molecule has 1 N–H and O–H groups in total. The van der Waals surface area contributed by atoms with Gasteiger partial charge in [-0.25, -0.2) is 4.98 Å². The van der Waals surface area contributed by atoms with Crippen molar-refractivity contribution >= 4 is 49.1 Å². The van der Waals surface area contributed by atoms with E-state index in [0.29, 0.717) is 22.3 Å². The smallest absolute Gasteiger partial charge is 0.263 e. The minimum absolute atomic E-state index is 0.201. The number of hydrogen-bond donors (Lipinski definition) is 1. The quantitative estimate of drug-likeness (QED) is 0.354. The monoisotopic (exact) mass is 495 g/mol. The van der Waals surface area contributed by atoms with Gasteiger partial charge in [-0.05, 0) is 48.2 Å². The first-order chi connectivity index (χ1) is 15.0. The minimum Gasteiger partial charge on any atom is -0.324 e. The zero-order valence-corrected chi connectivity index (χ0v) is 19.7. The van der Waals surface area contributed by atoms with Gasteiger partial charge in [-0.15, -0.1) is 11.3 Å². The van der Waals surface area contributed by atoms with Crippen molar-refractivity contribution < 1.29 is 4.79 Å². The number of benzene rings is 2. The lowest BCUT2D eigenvalue weighted by molar-refractivity contribution is -0.119. The molecule has 4 aromatic rings. The number of fused-ring (bicyclic) bond motifs is 1. The molecule has 2 aromatic heterocycles. The summed E-state index contributed by atoms with van der Waals surface area (Å²) in [6, 6.07) is 14.9. The molecule has 158 valence electrons. The number of amides is 1. The zero-order chi connectivity index (χ0) is 22.0. The van der Waals surface area contributed by atoms with Gasteiger partial charge in [-0.2, -0.15) is 0 Å². The highest BCUT2D eigenvalue weighted by Crippen LogP contribution is 2.31. The maximum atomic E-state index is 13.4. The molecule has 0 radical (unpaired) electrons. The van der Waals surface area contributed by atoms with Gasteiger partial charge in [0.15, 0.2) is 0 Å². The molecule has 1 unspecified atom stereocenters. The molecular formula is C24H22BrN3O2S. The van der Waals surface area contributed by atoms with Crippen molar-refractivity contribution in [2.75, 3.05) is 5.32 Å². The van der Waals surface area contributed by atoms with E-state index in [1.54, 1.807) is 0 Å². The van der Waals surface area contributed by atoms with Crippen molar-refractivity contribution in [3.8, 4) is 11.1 Å². The Morgan fingerprint density at radius 3 is 2.48 bits per heavy atom. The Hall–Kier alpha value is -2.77. The number of nitrogens with zero attached hydrogens (tertiary/aromatic N) is 2. The second kappa shape index (κ2) is 9.16. The van der Waals surface area contributed by atoms with Crippen molar-refractivity contribution in [1.29, 1.82) is 0 Å². The molecule has 31 heavy (non-hydrogen) atoms. The van der Waals surface area contributed by atoms with Crippen molar-refractivity contribution in [1.82, 2.24) is 9.55 Å². The number of hydrogen-bond acceptors (Lipinski definition) is 4. The molecule has 0 fully saturated rings. The summed E-state index contributed by atoms with van der Waals surface area (Å²) < 4.78 is 2.42. The Morgan fingerprint density at radius 2 is 1.84 bits per heavy atom. The summed E-state index contributed by atoms with van der Waals surface area (Å²) in [5, 5.41) is 5.43. The van der Waals surface area contributed by atoms with Crippen molar-refractivity contribution in [3.63, 3.8) is 0 Å². The first-order valence-corrected chi connectivity index (χ1v) is 11.8. The van der Waals surface area contributed by atoms with Crippen LogP contribution in [-0.4, -0.2) is 15.5 Å². The predicted octanol–water partition coefficient (Wildman–Crippen LogP) is 6.04. The van der Waals surface area contributed by atoms with Crippen LogP contribution in [-0.2, 0) is 11.2 Å². The second-order valence-corrected chi connectivity index (χ2v) is 9.03. The van der Waals surface area contributed by atoms with Gasteiger partial charge in [0, 0.05) is 21.1 Å². The molecular weight excluding hydrogens is 474 g/mol. The van der Waals surface area contributed by atoms with Crippen LogP contribution in [0.1, 0.15) is 31.9 Å². The Morgan fingerprint density at radius 1 is 1.13 bits per heavy atom. The molecule has 5 nitrogen and oxygen atoms in total. The van der Waals surface area contributed by atoms with Crippen LogP contribution in [0.4, 0.5) is 5.69 Å². The van der Waals surface area contributed by atoms with Crippen LogP contribution in [0.5, 0.6) is 0 Å². The molecule has 0 saturated carbocycles. The van der Waals surface area contributed by atoms with E-state index in [1.807, 2.05) is 60.8 Å². The number of nitrogens with one attached hydrogen (secondary N) is 1. The third kappa shape index (κ3) is 4.34. The largest absolute Gasteiger partial charge is 0.324 e. The van der Waals surface area contributed by atoms with Crippen molar-refractivity contribution in [2.24, 2.45) is 0 Å².